The van der Waals surface area contributed by atoms with Crippen molar-refractivity contribution in [1.82, 2.24) is 14.9 Å². The summed E-state index contributed by atoms with van der Waals surface area (Å²) >= 11 is 7.64. The Bertz CT molecular complexity index is 1720. The van der Waals surface area contributed by atoms with Crippen LogP contribution in [-0.4, -0.2) is 45.5 Å². The molecule has 1 aliphatic rings. The van der Waals surface area contributed by atoms with E-state index in [4.69, 9.17) is 16.3 Å². The number of rotatable bonds is 7. The summed E-state index contributed by atoms with van der Waals surface area (Å²) in [6.07, 6.45) is -5.61. The van der Waals surface area contributed by atoms with E-state index in [0.29, 0.717) is 55.8 Å². The molecule has 43 heavy (non-hydrogen) atoms. The van der Waals surface area contributed by atoms with Crippen LogP contribution in [0, 0.1) is 17.7 Å². The summed E-state index contributed by atoms with van der Waals surface area (Å²) in [5.74, 6) is -0.170. The number of hydrogen-bond donors (Lipinski definition) is 1. The topological polar surface area (TPSA) is 67.4 Å². The molecular weight excluding hydrogens is 618 g/mol. The Morgan fingerprint density at radius 3 is 2.70 bits per heavy atom. The predicted octanol–water partition coefficient (Wildman–Crippen LogP) is 7.74. The lowest BCUT2D eigenvalue weighted by Gasteiger charge is -2.25. The first-order chi connectivity index (χ1) is 20.4. The Morgan fingerprint density at radius 1 is 1.14 bits per heavy atom. The van der Waals surface area contributed by atoms with Crippen LogP contribution in [-0.2, 0) is 11.4 Å². The maximum absolute atomic E-state index is 13.4. The molecule has 1 saturated heterocycles. The number of amides is 1. The largest absolute Gasteiger partial charge is 0.487 e. The summed E-state index contributed by atoms with van der Waals surface area (Å²) in [5.41, 5.74) is 1.81. The monoisotopic (exact) mass is 638 g/mol. The molecule has 1 fully saturated rings. The first-order valence-corrected chi connectivity index (χ1v) is 14.0. The number of fused-ring (bicyclic) bond motifs is 1. The summed E-state index contributed by atoms with van der Waals surface area (Å²) in [5, 5.41) is 3.48. The van der Waals surface area contributed by atoms with Gasteiger partial charge in [0.1, 0.15) is 30.9 Å². The molecule has 0 saturated carbocycles. The summed E-state index contributed by atoms with van der Waals surface area (Å²) in [7, 11) is 0. The van der Waals surface area contributed by atoms with Gasteiger partial charge in [-0.2, -0.15) is 22.0 Å². The number of ether oxygens (including phenoxy) is 1. The van der Waals surface area contributed by atoms with Crippen molar-refractivity contribution in [2.75, 3.05) is 11.9 Å². The van der Waals surface area contributed by atoms with Gasteiger partial charge in [-0.25, -0.2) is 14.4 Å². The minimum Gasteiger partial charge on any atom is -0.487 e. The van der Waals surface area contributed by atoms with Gasteiger partial charge in [-0.05, 0) is 54.8 Å². The third-order valence-corrected chi connectivity index (χ3v) is 7.85. The standard InChI is InChI=1S/C29H21ClF6N4O2S/c30-22-12-19(6-9-24(22)42-15-17-3-1-4-18(31)11-17)39-27-26-23(37-16-38-27)13-21(43-26)8-7-20-5-2-10-40(20)25(41)14-28(32,33)29(34,35)36/h1,3-4,6,9,11-13,16,20H,2,5,10,14-15H2,(H,37,38,39)/t20-/m0/s1. The van der Waals surface area contributed by atoms with E-state index in [1.54, 1.807) is 36.4 Å². The molecule has 224 valence electrons. The van der Waals surface area contributed by atoms with Crippen LogP contribution in [0.15, 0.2) is 54.9 Å². The number of nitrogens with zero attached hydrogens (tertiary/aromatic N) is 3. The van der Waals surface area contributed by atoms with Gasteiger partial charge < -0.3 is 15.0 Å². The molecule has 5 rings (SSSR count). The molecule has 0 aliphatic carbocycles. The van der Waals surface area contributed by atoms with E-state index in [1.165, 1.54) is 29.8 Å². The van der Waals surface area contributed by atoms with Gasteiger partial charge in [0.2, 0.25) is 5.91 Å². The fraction of sp³-hybridized carbons (Fsp3) is 0.276. The quantitative estimate of drug-likeness (QED) is 0.166. The van der Waals surface area contributed by atoms with E-state index in [0.717, 1.165) is 4.90 Å². The van der Waals surface area contributed by atoms with Gasteiger partial charge in [0, 0.05) is 12.2 Å². The maximum atomic E-state index is 13.4. The average molecular weight is 639 g/mol. The third kappa shape index (κ3) is 7.14. The molecule has 4 aromatic rings. The minimum atomic E-state index is -5.81. The van der Waals surface area contributed by atoms with Gasteiger partial charge in [-0.15, -0.1) is 11.3 Å². The van der Waals surface area contributed by atoms with Crippen LogP contribution in [0.3, 0.4) is 0 Å². The highest BCUT2D eigenvalue weighted by atomic mass is 35.5. The highest BCUT2D eigenvalue weighted by molar-refractivity contribution is 7.20. The number of anilines is 2. The van der Waals surface area contributed by atoms with E-state index in [2.05, 4.69) is 27.1 Å². The number of likely N-dealkylation sites (tertiary alicyclic amines) is 1. The lowest BCUT2D eigenvalue weighted by Crippen LogP contribution is -2.44. The number of nitrogens with one attached hydrogen (secondary N) is 1. The normalized spacial score (nSPS) is 15.3. The van der Waals surface area contributed by atoms with Crippen LogP contribution in [0.1, 0.15) is 29.7 Å². The Morgan fingerprint density at radius 2 is 1.95 bits per heavy atom. The Labute approximate surface area is 250 Å². The Balaban J connectivity index is 1.28. The lowest BCUT2D eigenvalue weighted by atomic mass is 10.1. The number of alkyl halides is 5. The fourth-order valence-electron chi connectivity index (χ4n) is 4.39. The highest BCUT2D eigenvalue weighted by Gasteiger charge is 2.59. The second-order valence-corrected chi connectivity index (χ2v) is 11.1. The molecule has 1 aliphatic heterocycles. The molecule has 2 aromatic heterocycles. The molecule has 1 atom stereocenters. The zero-order valence-electron chi connectivity index (χ0n) is 22.0. The van der Waals surface area contributed by atoms with Crippen molar-refractivity contribution < 1.29 is 35.9 Å². The SMILES string of the molecule is O=C(CC(F)(F)C(F)(F)F)N1CCC[C@H]1C#Cc1cc2ncnc(Nc3ccc(OCc4cccc(F)c4)c(Cl)c3)c2s1. The van der Waals surface area contributed by atoms with E-state index < -0.39 is 30.5 Å². The van der Waals surface area contributed by atoms with Crippen molar-refractivity contribution in [3.63, 3.8) is 0 Å². The number of hydrogen-bond acceptors (Lipinski definition) is 6. The summed E-state index contributed by atoms with van der Waals surface area (Å²) < 4.78 is 84.3. The fourth-order valence-corrected chi connectivity index (χ4v) is 5.54. The predicted molar refractivity (Wildman–Crippen MR) is 150 cm³/mol. The van der Waals surface area contributed by atoms with E-state index in [9.17, 15) is 31.1 Å². The van der Waals surface area contributed by atoms with Crippen LogP contribution in [0.2, 0.25) is 5.02 Å². The van der Waals surface area contributed by atoms with Crippen LogP contribution in [0.4, 0.5) is 37.8 Å². The van der Waals surface area contributed by atoms with Crippen LogP contribution >= 0.6 is 22.9 Å². The smallest absolute Gasteiger partial charge is 0.453 e. The molecule has 1 amide bonds. The second-order valence-electron chi connectivity index (χ2n) is 9.63. The van der Waals surface area contributed by atoms with Crippen molar-refractivity contribution in [3.05, 3.63) is 76.1 Å². The van der Waals surface area contributed by atoms with Crippen LogP contribution < -0.4 is 10.1 Å². The molecule has 2 aromatic carbocycles. The summed E-state index contributed by atoms with van der Waals surface area (Å²) in [4.78, 5) is 22.3. The first-order valence-electron chi connectivity index (χ1n) is 12.8. The molecule has 0 radical (unpaired) electrons. The average Bonchev–Trinajstić information content (AvgIpc) is 3.58. The van der Waals surface area contributed by atoms with Gasteiger partial charge >= 0.3 is 12.1 Å². The molecule has 0 unspecified atom stereocenters. The van der Waals surface area contributed by atoms with Crippen molar-refractivity contribution in [3.8, 4) is 17.6 Å². The molecule has 3 heterocycles. The lowest BCUT2D eigenvalue weighted by molar-refractivity contribution is -0.282. The zero-order valence-corrected chi connectivity index (χ0v) is 23.6. The molecule has 14 heteroatoms. The van der Waals surface area contributed by atoms with Crippen LogP contribution in [0.25, 0.3) is 10.2 Å². The third-order valence-electron chi connectivity index (χ3n) is 6.51. The van der Waals surface area contributed by atoms with Crippen molar-refractivity contribution in [2.24, 2.45) is 0 Å². The van der Waals surface area contributed by atoms with Gasteiger partial charge in [0.25, 0.3) is 0 Å². The number of carbonyl (C=O) groups excluding carboxylic acids is 1. The van der Waals surface area contributed by atoms with Gasteiger partial charge in [-0.1, -0.05) is 35.6 Å². The molecule has 0 bridgehead atoms. The summed E-state index contributed by atoms with van der Waals surface area (Å²) in [6, 6.07) is 12.0. The number of carbonyl (C=O) groups is 1. The first kappa shape index (κ1) is 30.4. The second kappa shape index (κ2) is 12.3. The van der Waals surface area contributed by atoms with Gasteiger partial charge in [-0.3, -0.25) is 4.79 Å². The Kier molecular flexibility index (Phi) is 8.71. The van der Waals surface area contributed by atoms with Gasteiger partial charge in [0.05, 0.1) is 26.2 Å². The number of thiophene rings is 1. The highest BCUT2D eigenvalue weighted by Crippen LogP contribution is 2.39. The number of benzene rings is 2. The summed E-state index contributed by atoms with van der Waals surface area (Å²) in [6.45, 7) is 0.178. The minimum absolute atomic E-state index is 0.0509. The van der Waals surface area contributed by atoms with E-state index in [1.807, 2.05) is 0 Å². The van der Waals surface area contributed by atoms with Crippen molar-refractivity contribution in [2.45, 2.75) is 44.0 Å². The van der Waals surface area contributed by atoms with Crippen molar-refractivity contribution in [1.29, 1.82) is 0 Å². The molecular formula is C29H21ClF6N4O2S. The van der Waals surface area contributed by atoms with E-state index >= 15 is 0 Å². The van der Waals surface area contributed by atoms with Gasteiger partial charge in [0.15, 0.2) is 5.82 Å². The molecule has 0 spiro atoms. The van der Waals surface area contributed by atoms with Crippen molar-refractivity contribution >= 4 is 50.6 Å². The zero-order chi connectivity index (χ0) is 30.8. The van der Waals surface area contributed by atoms with Crippen LogP contribution in [0.5, 0.6) is 5.75 Å². The Hall–Kier alpha value is -4.02. The maximum Gasteiger partial charge on any atom is 0.453 e. The molecule has 6 nitrogen and oxygen atoms in total. The number of halogens is 7. The number of aromatic nitrogens is 2. The molecule has 1 N–H and O–H groups in total. The van der Waals surface area contributed by atoms with E-state index in [-0.39, 0.29) is 19.0 Å².